The Labute approximate surface area is 166 Å². The molecule has 0 saturated carbocycles. The van der Waals surface area contributed by atoms with Gasteiger partial charge >= 0.3 is 12.4 Å². The van der Waals surface area contributed by atoms with Crippen molar-refractivity contribution in [1.29, 1.82) is 0 Å². The number of halogens is 6. The summed E-state index contributed by atoms with van der Waals surface area (Å²) in [4.78, 5) is 15.3. The van der Waals surface area contributed by atoms with Gasteiger partial charge in [-0.2, -0.15) is 26.3 Å². The van der Waals surface area contributed by atoms with E-state index in [4.69, 9.17) is 5.53 Å². The first-order chi connectivity index (χ1) is 14.0. The highest BCUT2D eigenvalue weighted by molar-refractivity contribution is 5.95. The van der Waals surface area contributed by atoms with Gasteiger partial charge in [0, 0.05) is 16.5 Å². The van der Waals surface area contributed by atoms with Crippen LogP contribution in [0.15, 0.2) is 47.6 Å². The molecule has 0 radical (unpaired) electrons. The molecule has 11 heteroatoms. The van der Waals surface area contributed by atoms with Crippen LogP contribution < -0.4 is 5.32 Å². The summed E-state index contributed by atoms with van der Waals surface area (Å²) < 4.78 is 78.2. The smallest absolute Gasteiger partial charge is 0.349 e. The Hall–Kier alpha value is -3.20. The van der Waals surface area contributed by atoms with E-state index in [9.17, 15) is 31.1 Å². The predicted molar refractivity (Wildman–Crippen MR) is 94.5 cm³/mol. The van der Waals surface area contributed by atoms with E-state index in [2.05, 4.69) is 15.3 Å². The van der Waals surface area contributed by atoms with Crippen LogP contribution in [-0.4, -0.2) is 18.0 Å². The standard InChI is InChI=1S/C19H14F6N4O/c20-18(21,22)13-5-12(6-14(9-13)19(23,24)25)17(30)27-15-7-10-3-1-2-4-11(10)8-16(15)28-29-26/h1-6,9,15-16H,7-8H2,(H,27,30)/t15-,16-/m1/s1. The molecule has 0 heterocycles. The monoisotopic (exact) mass is 428 g/mol. The molecule has 2 aromatic carbocycles. The van der Waals surface area contributed by atoms with Gasteiger partial charge in [-0.3, -0.25) is 4.79 Å². The lowest BCUT2D eigenvalue weighted by molar-refractivity contribution is -0.143. The summed E-state index contributed by atoms with van der Waals surface area (Å²) in [6, 6.07) is 6.31. The number of hydrogen-bond donors (Lipinski definition) is 1. The number of nitrogens with zero attached hydrogens (tertiary/aromatic N) is 3. The largest absolute Gasteiger partial charge is 0.416 e. The number of benzene rings is 2. The fourth-order valence-corrected chi connectivity index (χ4v) is 3.37. The molecule has 2 atom stereocenters. The third-order valence-corrected chi connectivity index (χ3v) is 4.82. The molecule has 0 fully saturated rings. The molecular weight excluding hydrogens is 414 g/mol. The fraction of sp³-hybridized carbons (Fsp3) is 0.316. The summed E-state index contributed by atoms with van der Waals surface area (Å²) in [6.07, 6.45) is -9.63. The molecule has 0 spiro atoms. The Bertz CT molecular complexity index is 979. The lowest BCUT2D eigenvalue weighted by Crippen LogP contribution is -2.47. The topological polar surface area (TPSA) is 77.9 Å². The minimum Gasteiger partial charge on any atom is -0.349 e. The second-order valence-corrected chi connectivity index (χ2v) is 6.82. The highest BCUT2D eigenvalue weighted by atomic mass is 19.4. The molecule has 3 rings (SSSR count). The lowest BCUT2D eigenvalue weighted by Gasteiger charge is -2.31. The minimum absolute atomic E-state index is 0.0452. The van der Waals surface area contributed by atoms with Crippen LogP contribution in [0, 0.1) is 0 Å². The van der Waals surface area contributed by atoms with Crippen LogP contribution in [0.1, 0.15) is 32.6 Å². The third-order valence-electron chi connectivity index (χ3n) is 4.82. The van der Waals surface area contributed by atoms with Crippen LogP contribution in [0.5, 0.6) is 0 Å². The second kappa shape index (κ2) is 7.91. The van der Waals surface area contributed by atoms with Crippen LogP contribution in [0.3, 0.4) is 0 Å². The van der Waals surface area contributed by atoms with Crippen molar-refractivity contribution >= 4 is 5.91 Å². The molecule has 0 unspecified atom stereocenters. The first-order valence-corrected chi connectivity index (χ1v) is 8.70. The Kier molecular flexibility index (Phi) is 5.67. The normalized spacial score (nSPS) is 18.9. The van der Waals surface area contributed by atoms with Crippen molar-refractivity contribution in [3.05, 3.63) is 80.7 Å². The third kappa shape index (κ3) is 4.68. The molecule has 1 aliphatic rings. The Morgan fingerprint density at radius 3 is 2.00 bits per heavy atom. The Balaban J connectivity index is 1.93. The lowest BCUT2D eigenvalue weighted by atomic mass is 9.85. The molecule has 0 aliphatic heterocycles. The van der Waals surface area contributed by atoms with Crippen LogP contribution in [0.25, 0.3) is 10.4 Å². The van der Waals surface area contributed by atoms with Gasteiger partial charge in [-0.25, -0.2) is 0 Å². The van der Waals surface area contributed by atoms with Crippen molar-refractivity contribution in [3.63, 3.8) is 0 Å². The van der Waals surface area contributed by atoms with Crippen molar-refractivity contribution in [2.75, 3.05) is 0 Å². The molecule has 1 amide bonds. The number of hydrogen-bond acceptors (Lipinski definition) is 2. The number of amides is 1. The van der Waals surface area contributed by atoms with Crippen molar-refractivity contribution in [2.45, 2.75) is 37.3 Å². The maximum atomic E-state index is 13.0. The zero-order valence-electron chi connectivity index (χ0n) is 15.1. The molecule has 2 aromatic rings. The molecule has 0 saturated heterocycles. The number of azide groups is 1. The van der Waals surface area contributed by atoms with Crippen LogP contribution in [0.4, 0.5) is 26.3 Å². The maximum absolute atomic E-state index is 13.0. The van der Waals surface area contributed by atoms with E-state index in [1.54, 1.807) is 18.2 Å². The highest BCUT2D eigenvalue weighted by Gasteiger charge is 2.38. The first-order valence-electron chi connectivity index (χ1n) is 8.70. The van der Waals surface area contributed by atoms with Gasteiger partial charge in [0.05, 0.1) is 17.2 Å². The number of fused-ring (bicyclic) bond motifs is 1. The van der Waals surface area contributed by atoms with Crippen LogP contribution in [0.2, 0.25) is 0 Å². The summed E-state index contributed by atoms with van der Waals surface area (Å²) in [6.45, 7) is 0. The van der Waals surface area contributed by atoms with Crippen molar-refractivity contribution in [2.24, 2.45) is 5.11 Å². The van der Waals surface area contributed by atoms with E-state index in [1.165, 1.54) is 0 Å². The summed E-state index contributed by atoms with van der Waals surface area (Å²) in [7, 11) is 0. The SMILES string of the molecule is [N-]=[N+]=N[C@@H]1Cc2ccccc2C[C@H]1NC(=O)c1cc(C(F)(F)F)cc(C(F)(F)F)c1. The van der Waals surface area contributed by atoms with Crippen molar-refractivity contribution < 1.29 is 31.1 Å². The average molecular weight is 428 g/mol. The molecule has 158 valence electrons. The van der Waals surface area contributed by atoms with E-state index < -0.39 is 47.0 Å². The molecule has 5 nitrogen and oxygen atoms in total. The van der Waals surface area contributed by atoms with E-state index in [0.717, 1.165) is 11.1 Å². The summed E-state index contributed by atoms with van der Waals surface area (Å²) in [5.41, 5.74) is 6.57. The average Bonchev–Trinajstić information content (AvgIpc) is 2.67. The molecule has 0 aromatic heterocycles. The number of rotatable bonds is 3. The summed E-state index contributed by atoms with van der Waals surface area (Å²) >= 11 is 0. The second-order valence-electron chi connectivity index (χ2n) is 6.82. The van der Waals surface area contributed by atoms with Gasteiger partial charge in [0.25, 0.3) is 5.91 Å². The van der Waals surface area contributed by atoms with E-state index in [0.29, 0.717) is 12.1 Å². The van der Waals surface area contributed by atoms with Crippen molar-refractivity contribution in [1.82, 2.24) is 5.32 Å². The van der Waals surface area contributed by atoms with E-state index in [-0.39, 0.29) is 18.9 Å². The van der Waals surface area contributed by atoms with E-state index >= 15 is 0 Å². The fourth-order valence-electron chi connectivity index (χ4n) is 3.37. The van der Waals surface area contributed by atoms with Crippen LogP contribution >= 0.6 is 0 Å². The summed E-state index contributed by atoms with van der Waals surface area (Å²) in [5, 5.41) is 6.06. The van der Waals surface area contributed by atoms with Crippen LogP contribution in [-0.2, 0) is 25.2 Å². The van der Waals surface area contributed by atoms with Gasteiger partial charge < -0.3 is 5.32 Å². The Morgan fingerprint density at radius 2 is 1.50 bits per heavy atom. The predicted octanol–water partition coefficient (Wildman–Crippen LogP) is 5.30. The van der Waals surface area contributed by atoms with Gasteiger partial charge in [-0.1, -0.05) is 29.4 Å². The molecule has 1 N–H and O–H groups in total. The summed E-state index contributed by atoms with van der Waals surface area (Å²) in [5.74, 6) is -1.12. The maximum Gasteiger partial charge on any atom is 0.416 e. The molecule has 0 bridgehead atoms. The minimum atomic E-state index is -5.06. The number of carbonyl (C=O) groups is 1. The van der Waals surface area contributed by atoms with Crippen molar-refractivity contribution in [3.8, 4) is 0 Å². The molecule has 1 aliphatic carbocycles. The van der Waals surface area contributed by atoms with Gasteiger partial charge in [0.15, 0.2) is 0 Å². The Morgan fingerprint density at radius 1 is 0.967 bits per heavy atom. The van der Waals surface area contributed by atoms with Gasteiger partial charge in [0.2, 0.25) is 0 Å². The van der Waals surface area contributed by atoms with E-state index in [1.807, 2.05) is 6.07 Å². The zero-order chi connectivity index (χ0) is 22.1. The van der Waals surface area contributed by atoms with Gasteiger partial charge in [-0.05, 0) is 47.7 Å². The quantitative estimate of drug-likeness (QED) is 0.306. The van der Waals surface area contributed by atoms with Gasteiger partial charge in [0.1, 0.15) is 0 Å². The zero-order valence-corrected chi connectivity index (χ0v) is 15.1. The van der Waals surface area contributed by atoms with Gasteiger partial charge in [-0.15, -0.1) is 0 Å². The first kappa shape index (κ1) is 21.5. The number of alkyl halides is 6. The number of carbonyl (C=O) groups excluding carboxylic acids is 1. The number of nitrogens with one attached hydrogen (secondary N) is 1. The molecular formula is C19H14F6N4O. The molecule has 30 heavy (non-hydrogen) atoms. The highest BCUT2D eigenvalue weighted by Crippen LogP contribution is 2.36.